The Balaban J connectivity index is 1.63. The molecule has 0 aliphatic rings. The first-order valence-electron chi connectivity index (χ1n) is 9.61. The Kier molecular flexibility index (Phi) is 7.66. The molecule has 31 heavy (non-hydrogen) atoms. The predicted molar refractivity (Wildman–Crippen MR) is 113 cm³/mol. The summed E-state index contributed by atoms with van der Waals surface area (Å²) < 4.78 is 21.4. The van der Waals surface area contributed by atoms with Gasteiger partial charge in [0, 0.05) is 5.56 Å². The van der Waals surface area contributed by atoms with Crippen molar-refractivity contribution < 1.29 is 33.6 Å². The van der Waals surface area contributed by atoms with Crippen molar-refractivity contribution >= 4 is 5.91 Å². The van der Waals surface area contributed by atoms with Gasteiger partial charge in [-0.1, -0.05) is 36.4 Å². The van der Waals surface area contributed by atoms with E-state index in [4.69, 9.17) is 18.6 Å². The molecule has 0 fully saturated rings. The highest BCUT2D eigenvalue weighted by atomic mass is 16.5. The second-order valence-electron chi connectivity index (χ2n) is 6.76. The highest BCUT2D eigenvalue weighted by Gasteiger charge is 2.22. The van der Waals surface area contributed by atoms with E-state index in [2.05, 4.69) is 5.32 Å². The zero-order valence-corrected chi connectivity index (χ0v) is 17.3. The predicted octanol–water partition coefficient (Wildman–Crippen LogP) is 2.59. The van der Waals surface area contributed by atoms with Crippen LogP contribution in [0, 0.1) is 0 Å². The number of carbonyl (C=O) groups excluding carboxylic acids is 1. The molecular formula is C23H25NO7. The van der Waals surface area contributed by atoms with E-state index >= 15 is 0 Å². The Bertz CT molecular complexity index is 985. The van der Waals surface area contributed by atoms with Crippen LogP contribution in [0.2, 0.25) is 0 Å². The summed E-state index contributed by atoms with van der Waals surface area (Å²) >= 11 is 0. The van der Waals surface area contributed by atoms with Crippen LogP contribution in [0.4, 0.5) is 0 Å². The first kappa shape index (κ1) is 22.4. The summed E-state index contributed by atoms with van der Waals surface area (Å²) in [6, 6.07) is 15.3. The Morgan fingerprint density at radius 2 is 1.74 bits per heavy atom. The number of aliphatic hydroxyl groups excluding tert-OH is 1. The maximum atomic E-state index is 12.5. The smallest absolute Gasteiger partial charge is 0.287 e. The number of methoxy groups -OCH3 is 2. The lowest BCUT2D eigenvalue weighted by Crippen LogP contribution is -2.46. The second-order valence-corrected chi connectivity index (χ2v) is 6.76. The molecule has 3 N–H and O–H groups in total. The molecule has 1 aromatic heterocycles. The van der Waals surface area contributed by atoms with Crippen LogP contribution >= 0.6 is 0 Å². The maximum absolute atomic E-state index is 12.5. The minimum Gasteiger partial charge on any atom is -0.493 e. The van der Waals surface area contributed by atoms with Gasteiger partial charge < -0.3 is 34.2 Å². The number of amides is 1. The van der Waals surface area contributed by atoms with Crippen molar-refractivity contribution in [3.05, 3.63) is 72.2 Å². The van der Waals surface area contributed by atoms with Gasteiger partial charge in [-0.3, -0.25) is 4.79 Å². The third kappa shape index (κ3) is 5.85. The highest BCUT2D eigenvalue weighted by Crippen LogP contribution is 2.33. The van der Waals surface area contributed by atoms with Crippen LogP contribution in [0.1, 0.15) is 16.1 Å². The molecule has 0 aliphatic heterocycles. The van der Waals surface area contributed by atoms with E-state index in [1.54, 1.807) is 25.3 Å². The summed E-state index contributed by atoms with van der Waals surface area (Å²) in [6.07, 6.45) is -0.355. The van der Waals surface area contributed by atoms with E-state index in [1.165, 1.54) is 13.4 Å². The van der Waals surface area contributed by atoms with Gasteiger partial charge in [0.25, 0.3) is 5.91 Å². The van der Waals surface area contributed by atoms with Gasteiger partial charge in [0.15, 0.2) is 23.5 Å². The molecule has 0 bridgehead atoms. The van der Waals surface area contributed by atoms with E-state index < -0.39 is 18.2 Å². The van der Waals surface area contributed by atoms with Crippen LogP contribution in [0.3, 0.4) is 0 Å². The molecule has 2 aromatic carbocycles. The first-order valence-corrected chi connectivity index (χ1v) is 9.61. The van der Waals surface area contributed by atoms with Gasteiger partial charge in [-0.05, 0) is 29.3 Å². The number of rotatable bonds is 10. The molecule has 0 radical (unpaired) electrons. The summed E-state index contributed by atoms with van der Waals surface area (Å²) in [7, 11) is 3.09. The Morgan fingerprint density at radius 1 is 1.00 bits per heavy atom. The average Bonchev–Trinajstić information content (AvgIpc) is 3.29. The molecule has 1 heterocycles. The summed E-state index contributed by atoms with van der Waals surface area (Å²) in [5.41, 5.74) is 2.36. The monoisotopic (exact) mass is 427 g/mol. The number of hydrogen-bond acceptors (Lipinski definition) is 7. The number of benzene rings is 2. The van der Waals surface area contributed by atoms with Crippen LogP contribution in [-0.2, 0) is 11.3 Å². The quantitative estimate of drug-likeness (QED) is 0.427. The SMILES string of the molecule is COc1ccc(-c2coc(C(=O)NC(COCc3ccccc3)C(O)O)c2)cc1OC. The van der Waals surface area contributed by atoms with Crippen LogP contribution in [0.5, 0.6) is 11.5 Å². The van der Waals surface area contributed by atoms with E-state index in [0.29, 0.717) is 17.1 Å². The fourth-order valence-electron chi connectivity index (χ4n) is 2.94. The first-order chi connectivity index (χ1) is 15.0. The van der Waals surface area contributed by atoms with Crippen molar-refractivity contribution in [3.8, 4) is 22.6 Å². The minimum absolute atomic E-state index is 0.0264. The Labute approximate surface area is 180 Å². The molecule has 0 aliphatic carbocycles. The molecule has 0 saturated carbocycles. The number of aliphatic hydroxyl groups is 2. The molecule has 1 atom stereocenters. The molecule has 3 aromatic rings. The third-order valence-corrected chi connectivity index (χ3v) is 4.63. The van der Waals surface area contributed by atoms with E-state index in [0.717, 1.165) is 11.1 Å². The number of ether oxygens (including phenoxy) is 3. The minimum atomic E-state index is -1.79. The molecule has 1 amide bonds. The lowest BCUT2D eigenvalue weighted by atomic mass is 10.1. The van der Waals surface area contributed by atoms with Gasteiger partial charge in [-0.25, -0.2) is 0 Å². The molecule has 1 unspecified atom stereocenters. The van der Waals surface area contributed by atoms with Crippen LogP contribution in [0.25, 0.3) is 11.1 Å². The molecule has 8 heteroatoms. The Hall–Kier alpha value is -3.33. The van der Waals surface area contributed by atoms with Gasteiger partial charge in [0.2, 0.25) is 0 Å². The highest BCUT2D eigenvalue weighted by molar-refractivity contribution is 5.93. The average molecular weight is 427 g/mol. The number of hydrogen-bond donors (Lipinski definition) is 3. The molecule has 0 spiro atoms. The lowest BCUT2D eigenvalue weighted by Gasteiger charge is -2.20. The summed E-state index contributed by atoms with van der Waals surface area (Å²) in [4.78, 5) is 12.5. The van der Waals surface area contributed by atoms with E-state index in [1.807, 2.05) is 36.4 Å². The molecule has 0 saturated heterocycles. The molecule has 3 rings (SSSR count). The van der Waals surface area contributed by atoms with Crippen LogP contribution in [0.15, 0.2) is 65.3 Å². The van der Waals surface area contributed by atoms with Gasteiger partial charge in [-0.2, -0.15) is 0 Å². The summed E-state index contributed by atoms with van der Waals surface area (Å²) in [6.45, 7) is 0.200. The van der Waals surface area contributed by atoms with E-state index in [-0.39, 0.29) is 19.0 Å². The van der Waals surface area contributed by atoms with Crippen molar-refractivity contribution in [1.29, 1.82) is 0 Å². The van der Waals surface area contributed by atoms with E-state index in [9.17, 15) is 15.0 Å². The van der Waals surface area contributed by atoms with Crippen molar-refractivity contribution in [2.24, 2.45) is 0 Å². The van der Waals surface area contributed by atoms with Crippen molar-refractivity contribution in [3.63, 3.8) is 0 Å². The van der Waals surface area contributed by atoms with Crippen LogP contribution in [-0.4, -0.2) is 49.3 Å². The fraction of sp³-hybridized carbons (Fsp3) is 0.261. The molecule has 164 valence electrons. The van der Waals surface area contributed by atoms with Gasteiger partial charge in [0.05, 0.1) is 33.7 Å². The van der Waals surface area contributed by atoms with Gasteiger partial charge in [-0.15, -0.1) is 0 Å². The van der Waals surface area contributed by atoms with Crippen LogP contribution < -0.4 is 14.8 Å². The summed E-state index contributed by atoms with van der Waals surface area (Å²) in [5.74, 6) is 0.570. The van der Waals surface area contributed by atoms with Gasteiger partial charge in [0.1, 0.15) is 6.04 Å². The van der Waals surface area contributed by atoms with Gasteiger partial charge >= 0.3 is 0 Å². The zero-order valence-electron chi connectivity index (χ0n) is 17.3. The largest absolute Gasteiger partial charge is 0.493 e. The number of nitrogens with one attached hydrogen (secondary N) is 1. The van der Waals surface area contributed by atoms with Crippen molar-refractivity contribution in [2.75, 3.05) is 20.8 Å². The number of furan rings is 1. The zero-order chi connectivity index (χ0) is 22.2. The molecular weight excluding hydrogens is 402 g/mol. The molecule has 8 nitrogen and oxygen atoms in total. The topological polar surface area (TPSA) is 110 Å². The van der Waals surface area contributed by atoms with Crippen molar-refractivity contribution in [2.45, 2.75) is 18.9 Å². The second kappa shape index (κ2) is 10.6. The summed E-state index contributed by atoms with van der Waals surface area (Å²) in [5, 5.41) is 21.7. The maximum Gasteiger partial charge on any atom is 0.287 e. The normalized spacial score (nSPS) is 11.9. The van der Waals surface area contributed by atoms with Crippen molar-refractivity contribution in [1.82, 2.24) is 5.32 Å². The third-order valence-electron chi connectivity index (χ3n) is 4.63. The lowest BCUT2D eigenvalue weighted by molar-refractivity contribution is -0.0848. The Morgan fingerprint density at radius 3 is 2.42 bits per heavy atom. The fourth-order valence-corrected chi connectivity index (χ4v) is 2.94. The standard InChI is InChI=1S/C23H25NO7/c1-28-19-9-8-16(10-20(19)29-2)17-11-21(31-13-17)22(25)24-18(23(26)27)14-30-12-15-6-4-3-5-7-15/h3-11,13,18,23,26-27H,12,14H2,1-2H3,(H,24,25). The number of carbonyl (C=O) groups is 1.